The van der Waals surface area contributed by atoms with Gasteiger partial charge in [0.15, 0.2) is 0 Å². The summed E-state index contributed by atoms with van der Waals surface area (Å²) in [5.41, 5.74) is 27.1. The molecule has 8 aromatic rings. The van der Waals surface area contributed by atoms with Crippen LogP contribution in [0, 0.1) is 13.8 Å². The molecule has 0 bridgehead atoms. The number of carbonyl (C=O) groups is 6. The normalized spacial score (nSPS) is 17.6. The first-order valence-corrected chi connectivity index (χ1v) is 29.4. The van der Waals surface area contributed by atoms with Crippen molar-refractivity contribution in [3.63, 3.8) is 0 Å². The number of nitrogens with two attached hydrogens (primary N) is 3. The Morgan fingerprint density at radius 3 is 1.29 bits per heavy atom. The average molecular weight is 1180 g/mol. The number of likely N-dealkylation sites (tertiary alicyclic amines) is 3. The fraction of sp³-hybridized carbons (Fsp3) is 0.323. The van der Waals surface area contributed by atoms with Crippen LogP contribution < -0.4 is 22.1 Å². The SMILES string of the molecule is C=CC(=O)N1CCC[C@@H](n2cc(C(N)=O)c(-c3ccc(-n4nc(C)cc4C)cc3)n2)C1.C=CC(=O)N1CCC[C@@H](n2cc(C(N)=O)c(-c3ccc(N4CCCC4)cc3)n2)C1.C=CC(=O)N1CCC[C@@H](n2cc(C(N)=O)c(-c3ccc4occc4c3)n2)C1. The summed E-state index contributed by atoms with van der Waals surface area (Å²) in [5, 5.41) is 19.5. The van der Waals surface area contributed by atoms with Crippen LogP contribution in [0.15, 0.2) is 146 Å². The van der Waals surface area contributed by atoms with E-state index in [9.17, 15) is 28.8 Å². The van der Waals surface area contributed by atoms with Gasteiger partial charge in [-0.05, 0) is 138 Å². The monoisotopic (exact) mass is 1180 g/mol. The first kappa shape index (κ1) is 60.0. The number of furan rings is 1. The summed E-state index contributed by atoms with van der Waals surface area (Å²) >= 11 is 0. The highest BCUT2D eigenvalue weighted by Gasteiger charge is 2.30. The first-order chi connectivity index (χ1) is 42.0. The smallest absolute Gasteiger partial charge is 0.252 e. The zero-order chi connectivity index (χ0) is 61.5. The lowest BCUT2D eigenvalue weighted by Gasteiger charge is -2.32. The van der Waals surface area contributed by atoms with Crippen molar-refractivity contribution in [3.05, 3.63) is 170 Å². The molecule has 3 aromatic carbocycles. The van der Waals surface area contributed by atoms with Crippen molar-refractivity contribution in [2.24, 2.45) is 17.2 Å². The largest absolute Gasteiger partial charge is 0.464 e. The van der Waals surface area contributed by atoms with Crippen LogP contribution in [-0.2, 0) is 14.4 Å². The number of primary amides is 3. The third-order valence-electron chi connectivity index (χ3n) is 16.5. The van der Waals surface area contributed by atoms with E-state index in [1.165, 1.54) is 36.8 Å². The van der Waals surface area contributed by atoms with E-state index in [4.69, 9.17) is 31.8 Å². The molecule has 450 valence electrons. The van der Waals surface area contributed by atoms with Crippen LogP contribution in [0.2, 0.25) is 0 Å². The fourth-order valence-electron chi connectivity index (χ4n) is 12.0. The predicted octanol–water partition coefficient (Wildman–Crippen LogP) is 8.14. The molecule has 12 rings (SSSR count). The maximum atomic E-state index is 12.1. The summed E-state index contributed by atoms with van der Waals surface area (Å²) in [6, 6.07) is 25.4. The van der Waals surface area contributed by atoms with Gasteiger partial charge in [-0.3, -0.25) is 42.8 Å². The van der Waals surface area contributed by atoms with Crippen molar-refractivity contribution in [1.29, 1.82) is 0 Å². The molecule has 4 aliphatic rings. The number of benzene rings is 3. The van der Waals surface area contributed by atoms with E-state index in [-0.39, 0.29) is 35.8 Å². The summed E-state index contributed by atoms with van der Waals surface area (Å²) in [6.45, 7) is 20.6. The highest BCUT2D eigenvalue weighted by molar-refractivity contribution is 6.01. The fourth-order valence-corrected chi connectivity index (χ4v) is 12.0. The highest BCUT2D eigenvalue weighted by Crippen LogP contribution is 2.33. The second-order valence-electron chi connectivity index (χ2n) is 22.4. The van der Waals surface area contributed by atoms with Crippen molar-refractivity contribution >= 4 is 52.1 Å². The molecule has 9 heterocycles. The quantitative estimate of drug-likeness (QED) is 0.0870. The van der Waals surface area contributed by atoms with Crippen LogP contribution in [0.3, 0.4) is 0 Å². The minimum Gasteiger partial charge on any atom is -0.464 e. The van der Waals surface area contributed by atoms with E-state index in [0.717, 1.165) is 103 Å². The van der Waals surface area contributed by atoms with E-state index < -0.39 is 17.7 Å². The molecule has 0 aliphatic carbocycles. The summed E-state index contributed by atoms with van der Waals surface area (Å²) in [7, 11) is 0. The molecular weight excluding hydrogens is 1100 g/mol. The van der Waals surface area contributed by atoms with Gasteiger partial charge < -0.3 is 41.2 Å². The Kier molecular flexibility index (Phi) is 18.2. The number of hydrogen-bond donors (Lipinski definition) is 3. The zero-order valence-electron chi connectivity index (χ0n) is 49.2. The summed E-state index contributed by atoms with van der Waals surface area (Å²) in [4.78, 5) is 79.8. The lowest BCUT2D eigenvalue weighted by atomic mass is 10.1. The molecule has 0 unspecified atom stereocenters. The van der Waals surface area contributed by atoms with Gasteiger partial charge in [-0.25, -0.2) is 4.68 Å². The maximum Gasteiger partial charge on any atom is 0.252 e. The number of nitrogens with zero attached hydrogens (tertiary/aromatic N) is 12. The summed E-state index contributed by atoms with van der Waals surface area (Å²) in [6.07, 6.45) is 18.4. The molecule has 4 aliphatic heterocycles. The van der Waals surface area contributed by atoms with Crippen molar-refractivity contribution < 1.29 is 33.2 Å². The molecule has 22 nitrogen and oxygen atoms in total. The number of hydrogen-bond acceptors (Lipinski definition) is 12. The average Bonchev–Trinajstić information content (AvgIpc) is 2.69. The van der Waals surface area contributed by atoms with Crippen LogP contribution in [0.4, 0.5) is 5.69 Å². The maximum absolute atomic E-state index is 12.1. The number of anilines is 1. The molecule has 87 heavy (non-hydrogen) atoms. The van der Waals surface area contributed by atoms with Crippen LogP contribution in [0.1, 0.15) is 112 Å². The van der Waals surface area contributed by atoms with Gasteiger partial charge in [0.05, 0.1) is 52.5 Å². The standard InChI is InChI=1S/C23H26N6O2.C22H27N5O2.C20H20N4O3/c1-4-21(30)27-11-5-6-19(13-27)28-14-20(23(24)31)22(26-28)17-7-9-18(10-8-17)29-16(3)12-15(2)25-29;1-2-20(28)26-13-5-6-18(14-26)27-15-19(22(23)29)21(24-27)16-7-9-17(10-8-16)25-11-3-4-12-25;1-2-18(25)23-8-3-4-15(11-23)24-12-16(20(21)26)19(22-24)14-5-6-17-13(10-14)7-9-27-17/h4,7-10,12,14,19H,1,5-6,11,13H2,2-3H3,(H2,24,31);2,7-10,15,18H,1,3-6,11-14H2,(H2,23,29);2,5-7,9-10,12,15H,1,3-4,8,11H2,(H2,21,26)/t19-;18-;15-/m111/s1. The number of piperidine rings is 3. The lowest BCUT2D eigenvalue weighted by molar-refractivity contribution is -0.128. The molecule has 6 amide bonds. The van der Waals surface area contributed by atoms with Gasteiger partial charge >= 0.3 is 0 Å². The minimum atomic E-state index is -0.529. The van der Waals surface area contributed by atoms with E-state index in [1.807, 2.05) is 85.3 Å². The second kappa shape index (κ2) is 26.4. The Morgan fingerprint density at radius 2 is 0.897 bits per heavy atom. The van der Waals surface area contributed by atoms with E-state index in [2.05, 4.69) is 47.0 Å². The Bertz CT molecular complexity index is 3880. The van der Waals surface area contributed by atoms with Gasteiger partial charge in [-0.15, -0.1) is 0 Å². The third kappa shape index (κ3) is 13.4. The molecule has 3 atom stereocenters. The number of aryl methyl sites for hydroxylation is 2. The second-order valence-corrected chi connectivity index (χ2v) is 22.4. The Labute approximate surface area is 504 Å². The predicted molar refractivity (Wildman–Crippen MR) is 332 cm³/mol. The number of fused-ring (bicyclic) bond motifs is 1. The zero-order valence-corrected chi connectivity index (χ0v) is 49.2. The Balaban J connectivity index is 0.000000145. The van der Waals surface area contributed by atoms with Crippen LogP contribution in [0.25, 0.3) is 50.4 Å². The van der Waals surface area contributed by atoms with Gasteiger partial charge in [-0.2, -0.15) is 20.4 Å². The molecule has 0 radical (unpaired) electrons. The summed E-state index contributed by atoms with van der Waals surface area (Å²) < 4.78 is 12.6. The molecule has 0 spiro atoms. The molecule has 22 heteroatoms. The van der Waals surface area contributed by atoms with Crippen LogP contribution >= 0.6 is 0 Å². The van der Waals surface area contributed by atoms with E-state index in [1.54, 1.807) is 53.6 Å². The number of amides is 6. The molecule has 0 saturated carbocycles. The van der Waals surface area contributed by atoms with Gasteiger partial charge in [0.25, 0.3) is 17.7 Å². The Hall–Kier alpha value is -10.1. The first-order valence-electron chi connectivity index (χ1n) is 29.4. The minimum absolute atomic E-state index is 0.00726. The highest BCUT2D eigenvalue weighted by atomic mass is 16.3. The van der Waals surface area contributed by atoms with E-state index >= 15 is 0 Å². The van der Waals surface area contributed by atoms with Crippen molar-refractivity contribution in [2.75, 3.05) is 57.3 Å². The molecule has 6 N–H and O–H groups in total. The lowest BCUT2D eigenvalue weighted by Crippen LogP contribution is -2.40. The number of carbonyl (C=O) groups excluding carboxylic acids is 6. The van der Waals surface area contributed by atoms with Crippen molar-refractivity contribution in [2.45, 2.75) is 83.3 Å². The number of aromatic nitrogens is 8. The van der Waals surface area contributed by atoms with Crippen LogP contribution in [-0.4, -0.2) is 142 Å². The molecule has 4 fully saturated rings. The van der Waals surface area contributed by atoms with Gasteiger partial charge in [0.2, 0.25) is 17.7 Å². The Morgan fingerprint density at radius 1 is 0.494 bits per heavy atom. The van der Waals surface area contributed by atoms with Crippen molar-refractivity contribution in [1.82, 2.24) is 53.8 Å². The van der Waals surface area contributed by atoms with Crippen molar-refractivity contribution in [3.8, 4) is 39.5 Å². The topological polar surface area (TPSA) is 278 Å². The molecule has 4 saturated heterocycles. The summed E-state index contributed by atoms with van der Waals surface area (Å²) in [5.74, 6) is -1.81. The van der Waals surface area contributed by atoms with Gasteiger partial charge in [0, 0.05) is 104 Å². The van der Waals surface area contributed by atoms with Gasteiger partial charge in [-0.1, -0.05) is 44.0 Å². The van der Waals surface area contributed by atoms with Crippen LogP contribution in [0.5, 0.6) is 0 Å². The number of rotatable bonds is 14. The molecular formula is C65H73N15O7. The van der Waals surface area contributed by atoms with Gasteiger partial charge in [0.1, 0.15) is 22.7 Å². The third-order valence-corrected chi connectivity index (χ3v) is 16.5. The molecule has 5 aromatic heterocycles. The van der Waals surface area contributed by atoms with E-state index in [0.29, 0.717) is 66.5 Å².